The topological polar surface area (TPSA) is 45.7 Å². The van der Waals surface area contributed by atoms with Crippen molar-refractivity contribution in [2.45, 2.75) is 18.9 Å². The van der Waals surface area contributed by atoms with Crippen LogP contribution in [0.1, 0.15) is 23.3 Å². The fraction of sp³-hybridized carbons (Fsp3) is 0.500. The summed E-state index contributed by atoms with van der Waals surface area (Å²) in [5, 5.41) is 0.940. The molecule has 4 heterocycles. The van der Waals surface area contributed by atoms with Crippen molar-refractivity contribution in [3.8, 4) is 5.75 Å². The summed E-state index contributed by atoms with van der Waals surface area (Å²) in [6.07, 6.45) is 2.17. The Balaban J connectivity index is 1.67. The number of rotatable bonds is 2. The van der Waals surface area contributed by atoms with Crippen molar-refractivity contribution in [2.75, 3.05) is 33.3 Å². The number of aromatic nitrogens is 1. The molecule has 3 aliphatic rings. The van der Waals surface area contributed by atoms with Gasteiger partial charge in [0.1, 0.15) is 11.4 Å². The Morgan fingerprint density at radius 3 is 2.86 bits per heavy atom. The summed E-state index contributed by atoms with van der Waals surface area (Å²) in [7, 11) is 1.65. The highest BCUT2D eigenvalue weighted by atomic mass is 32.1. The van der Waals surface area contributed by atoms with Crippen LogP contribution in [-0.4, -0.2) is 59.4 Å². The summed E-state index contributed by atoms with van der Waals surface area (Å²) in [5.41, 5.74) is 0.600. The van der Waals surface area contributed by atoms with E-state index in [0.717, 1.165) is 54.9 Å². The van der Waals surface area contributed by atoms with Gasteiger partial charge in [-0.25, -0.2) is 0 Å². The first-order chi connectivity index (χ1) is 10.8. The van der Waals surface area contributed by atoms with Gasteiger partial charge in [0.2, 0.25) is 0 Å². The quantitative estimate of drug-likeness (QED) is 0.852. The zero-order valence-corrected chi connectivity index (χ0v) is 13.4. The number of methoxy groups -OCH3 is 1. The van der Waals surface area contributed by atoms with Crippen LogP contribution in [0.2, 0.25) is 0 Å². The van der Waals surface area contributed by atoms with Gasteiger partial charge >= 0.3 is 0 Å². The van der Waals surface area contributed by atoms with E-state index in [1.165, 1.54) is 11.5 Å². The molecule has 3 fully saturated rings. The standard InChI is InChI=1S/C16H19N3O2S/c1-21-12-2-3-13-14(10-12)22-17-15(13)16(20)19-9-8-18-6-4-11(19)5-7-18/h2-3,10-11H,4-9H2,1H3. The number of ether oxygens (including phenoxy) is 1. The SMILES string of the molecule is COc1ccc2c(C(=O)N3CCN4CCC3CC4)nsc2c1. The van der Waals surface area contributed by atoms with Gasteiger partial charge in [-0.2, -0.15) is 4.37 Å². The van der Waals surface area contributed by atoms with Crippen LogP contribution >= 0.6 is 11.5 Å². The van der Waals surface area contributed by atoms with Gasteiger partial charge in [0.25, 0.3) is 5.91 Å². The molecular weight excluding hydrogens is 298 g/mol. The van der Waals surface area contributed by atoms with Gasteiger partial charge in [-0.1, -0.05) is 0 Å². The Kier molecular flexibility index (Phi) is 3.50. The van der Waals surface area contributed by atoms with Gasteiger partial charge in [-0.05, 0) is 42.6 Å². The number of carbonyl (C=O) groups is 1. The fourth-order valence-electron chi connectivity index (χ4n) is 3.49. The number of piperidine rings is 1. The molecular formula is C16H19N3O2S. The fourth-order valence-corrected chi connectivity index (χ4v) is 4.29. The van der Waals surface area contributed by atoms with Crippen LogP contribution in [-0.2, 0) is 0 Å². The molecule has 0 aliphatic carbocycles. The molecule has 5 rings (SSSR count). The number of amides is 1. The van der Waals surface area contributed by atoms with Gasteiger partial charge in [-0.3, -0.25) is 4.79 Å². The van der Waals surface area contributed by atoms with E-state index in [2.05, 4.69) is 9.27 Å². The maximum atomic E-state index is 13.0. The summed E-state index contributed by atoms with van der Waals surface area (Å²) in [6.45, 7) is 4.03. The van der Waals surface area contributed by atoms with Crippen LogP contribution in [0.15, 0.2) is 18.2 Å². The van der Waals surface area contributed by atoms with Crippen molar-refractivity contribution in [3.63, 3.8) is 0 Å². The molecule has 0 spiro atoms. The van der Waals surface area contributed by atoms with Crippen molar-refractivity contribution in [2.24, 2.45) is 0 Å². The Hall–Kier alpha value is -1.66. The Labute approximate surface area is 133 Å². The van der Waals surface area contributed by atoms with Crippen LogP contribution in [0.25, 0.3) is 10.1 Å². The monoisotopic (exact) mass is 317 g/mol. The zero-order chi connectivity index (χ0) is 15.1. The van der Waals surface area contributed by atoms with E-state index in [1.807, 2.05) is 23.1 Å². The summed E-state index contributed by atoms with van der Waals surface area (Å²) >= 11 is 1.37. The lowest BCUT2D eigenvalue weighted by Crippen LogP contribution is -2.41. The van der Waals surface area contributed by atoms with Crippen LogP contribution in [0.4, 0.5) is 0 Å². The molecule has 2 aromatic rings. The minimum Gasteiger partial charge on any atom is -0.497 e. The number of hydrogen-bond donors (Lipinski definition) is 0. The Bertz CT molecular complexity index is 706. The second-order valence-electron chi connectivity index (χ2n) is 5.96. The molecule has 22 heavy (non-hydrogen) atoms. The Morgan fingerprint density at radius 2 is 2.09 bits per heavy atom. The Morgan fingerprint density at radius 1 is 1.27 bits per heavy atom. The van der Waals surface area contributed by atoms with E-state index in [9.17, 15) is 4.79 Å². The molecule has 0 saturated carbocycles. The second kappa shape index (κ2) is 5.52. The molecule has 3 saturated heterocycles. The average Bonchev–Trinajstić information content (AvgIpc) is 2.74. The second-order valence-corrected chi connectivity index (χ2v) is 6.77. The van der Waals surface area contributed by atoms with Crippen LogP contribution < -0.4 is 4.74 Å². The van der Waals surface area contributed by atoms with E-state index in [0.29, 0.717) is 11.7 Å². The van der Waals surface area contributed by atoms with Gasteiger partial charge in [-0.15, -0.1) is 0 Å². The number of nitrogens with zero attached hydrogens (tertiary/aromatic N) is 3. The van der Waals surface area contributed by atoms with E-state index in [1.54, 1.807) is 7.11 Å². The highest BCUT2D eigenvalue weighted by molar-refractivity contribution is 7.13. The zero-order valence-electron chi connectivity index (χ0n) is 12.6. The number of fused-ring (bicyclic) bond motifs is 5. The molecule has 1 amide bonds. The van der Waals surface area contributed by atoms with Crippen molar-refractivity contribution < 1.29 is 9.53 Å². The maximum Gasteiger partial charge on any atom is 0.274 e. The van der Waals surface area contributed by atoms with Crippen LogP contribution in [0.5, 0.6) is 5.75 Å². The molecule has 6 heteroatoms. The molecule has 0 unspecified atom stereocenters. The third-order valence-corrected chi connectivity index (χ3v) is 5.61. The summed E-state index contributed by atoms with van der Waals surface area (Å²) < 4.78 is 10.7. The van der Waals surface area contributed by atoms with Gasteiger partial charge < -0.3 is 14.5 Å². The molecule has 3 aliphatic heterocycles. The largest absolute Gasteiger partial charge is 0.497 e. The van der Waals surface area contributed by atoms with Crippen molar-refractivity contribution in [1.29, 1.82) is 0 Å². The lowest BCUT2D eigenvalue weighted by molar-refractivity contribution is 0.0682. The predicted molar refractivity (Wildman–Crippen MR) is 86.7 cm³/mol. The molecule has 5 nitrogen and oxygen atoms in total. The summed E-state index contributed by atoms with van der Waals surface area (Å²) in [6, 6.07) is 6.17. The van der Waals surface area contributed by atoms with E-state index < -0.39 is 0 Å². The van der Waals surface area contributed by atoms with Crippen molar-refractivity contribution in [3.05, 3.63) is 23.9 Å². The summed E-state index contributed by atoms with van der Waals surface area (Å²) in [4.78, 5) is 17.5. The number of hydrogen-bond acceptors (Lipinski definition) is 5. The third-order valence-electron chi connectivity index (χ3n) is 4.80. The molecule has 2 bridgehead atoms. The van der Waals surface area contributed by atoms with E-state index in [4.69, 9.17) is 4.74 Å². The van der Waals surface area contributed by atoms with Crippen molar-refractivity contribution in [1.82, 2.24) is 14.2 Å². The van der Waals surface area contributed by atoms with Gasteiger partial charge in [0.15, 0.2) is 0 Å². The lowest BCUT2D eigenvalue weighted by atomic mass is 10.0. The van der Waals surface area contributed by atoms with Crippen molar-refractivity contribution >= 4 is 27.5 Å². The van der Waals surface area contributed by atoms with Crippen LogP contribution in [0.3, 0.4) is 0 Å². The molecule has 0 N–H and O–H groups in total. The normalized spacial score (nSPS) is 24.5. The summed E-state index contributed by atoms with van der Waals surface area (Å²) in [5.74, 6) is 0.890. The van der Waals surface area contributed by atoms with Gasteiger partial charge in [0.05, 0.1) is 11.8 Å². The molecule has 116 valence electrons. The first-order valence-electron chi connectivity index (χ1n) is 7.73. The number of benzene rings is 1. The smallest absolute Gasteiger partial charge is 0.274 e. The van der Waals surface area contributed by atoms with E-state index in [-0.39, 0.29) is 5.91 Å². The average molecular weight is 317 g/mol. The van der Waals surface area contributed by atoms with E-state index >= 15 is 0 Å². The van der Waals surface area contributed by atoms with Crippen LogP contribution in [0, 0.1) is 0 Å². The first-order valence-corrected chi connectivity index (χ1v) is 8.50. The highest BCUT2D eigenvalue weighted by Gasteiger charge is 2.33. The maximum absolute atomic E-state index is 13.0. The first kappa shape index (κ1) is 14.0. The number of carbonyl (C=O) groups excluding carboxylic acids is 1. The molecule has 1 aromatic carbocycles. The molecule has 0 atom stereocenters. The van der Waals surface area contributed by atoms with Gasteiger partial charge in [0, 0.05) is 37.6 Å². The lowest BCUT2D eigenvalue weighted by Gasteiger charge is -2.31. The predicted octanol–water partition coefficient (Wildman–Crippen LogP) is 2.23. The molecule has 0 radical (unpaired) electrons. The minimum atomic E-state index is 0.0881. The minimum absolute atomic E-state index is 0.0881. The third kappa shape index (κ3) is 2.27. The highest BCUT2D eigenvalue weighted by Crippen LogP contribution is 2.29. The molecule has 1 aromatic heterocycles.